The van der Waals surface area contributed by atoms with Gasteiger partial charge in [-0.3, -0.25) is 9.59 Å². The summed E-state index contributed by atoms with van der Waals surface area (Å²) < 4.78 is 1.03. The molecule has 0 saturated carbocycles. The highest BCUT2D eigenvalue weighted by Gasteiger charge is 2.16. The highest BCUT2D eigenvalue weighted by molar-refractivity contribution is 9.11. The first-order valence-electron chi connectivity index (χ1n) is 5.92. The van der Waals surface area contributed by atoms with Gasteiger partial charge in [-0.05, 0) is 46.4 Å². The predicted octanol–water partition coefficient (Wildman–Crippen LogP) is 3.01. The van der Waals surface area contributed by atoms with E-state index >= 15 is 0 Å². The van der Waals surface area contributed by atoms with Crippen molar-refractivity contribution in [1.82, 2.24) is 10.6 Å². The number of rotatable bonds is 5. The molecular formula is C13H13BrN2O2S2. The Hall–Kier alpha value is -1.18. The van der Waals surface area contributed by atoms with Crippen molar-refractivity contribution in [3.8, 4) is 0 Å². The van der Waals surface area contributed by atoms with E-state index < -0.39 is 6.04 Å². The fraction of sp³-hybridized carbons (Fsp3) is 0.231. The van der Waals surface area contributed by atoms with Crippen LogP contribution in [-0.4, -0.2) is 17.9 Å². The highest BCUT2D eigenvalue weighted by Crippen LogP contribution is 2.21. The molecule has 2 amide bonds. The van der Waals surface area contributed by atoms with Crippen LogP contribution in [-0.2, 0) is 11.3 Å². The molecule has 2 N–H and O–H groups in total. The zero-order chi connectivity index (χ0) is 14.5. The minimum atomic E-state index is -0.562. The van der Waals surface area contributed by atoms with E-state index in [2.05, 4.69) is 26.6 Å². The van der Waals surface area contributed by atoms with Crippen molar-refractivity contribution in [2.75, 3.05) is 0 Å². The normalized spacial score (nSPS) is 11.9. The highest BCUT2D eigenvalue weighted by atomic mass is 79.9. The SMILES string of the molecule is C[C@H](NC(=O)c1cccs1)C(=O)NCc1ccc(Br)s1. The molecule has 0 bridgehead atoms. The summed E-state index contributed by atoms with van der Waals surface area (Å²) in [4.78, 5) is 25.4. The molecular weight excluding hydrogens is 360 g/mol. The molecule has 0 fully saturated rings. The van der Waals surface area contributed by atoms with E-state index in [0.717, 1.165) is 8.66 Å². The summed E-state index contributed by atoms with van der Waals surface area (Å²) in [5, 5.41) is 7.31. The fourth-order valence-electron chi connectivity index (χ4n) is 1.52. The van der Waals surface area contributed by atoms with Crippen LogP contribution in [0, 0.1) is 0 Å². The van der Waals surface area contributed by atoms with Gasteiger partial charge < -0.3 is 10.6 Å². The average Bonchev–Trinajstić information content (AvgIpc) is 3.06. The largest absolute Gasteiger partial charge is 0.349 e. The summed E-state index contributed by atoms with van der Waals surface area (Å²) in [7, 11) is 0. The topological polar surface area (TPSA) is 58.2 Å². The monoisotopic (exact) mass is 372 g/mol. The number of halogens is 1. The van der Waals surface area contributed by atoms with Crippen LogP contribution in [0.5, 0.6) is 0 Å². The van der Waals surface area contributed by atoms with Gasteiger partial charge in [0, 0.05) is 4.88 Å². The number of amides is 2. The van der Waals surface area contributed by atoms with Gasteiger partial charge in [0.05, 0.1) is 15.2 Å². The number of carbonyl (C=O) groups is 2. The lowest BCUT2D eigenvalue weighted by Gasteiger charge is -2.13. The Morgan fingerprint density at radius 2 is 2.15 bits per heavy atom. The molecule has 0 aliphatic rings. The van der Waals surface area contributed by atoms with Crippen LogP contribution in [0.25, 0.3) is 0 Å². The molecule has 7 heteroatoms. The number of thiophene rings is 2. The number of carbonyl (C=O) groups excluding carboxylic acids is 2. The molecule has 0 radical (unpaired) electrons. The molecule has 2 aromatic rings. The van der Waals surface area contributed by atoms with Gasteiger partial charge in [0.15, 0.2) is 0 Å². The molecule has 0 spiro atoms. The molecule has 1 atom stereocenters. The summed E-state index contributed by atoms with van der Waals surface area (Å²) >= 11 is 6.29. The van der Waals surface area contributed by atoms with Crippen LogP contribution in [0.3, 0.4) is 0 Å². The fourth-order valence-corrected chi connectivity index (χ4v) is 3.56. The molecule has 106 valence electrons. The minimum Gasteiger partial charge on any atom is -0.349 e. The van der Waals surface area contributed by atoms with Crippen LogP contribution < -0.4 is 10.6 Å². The molecule has 2 aromatic heterocycles. The Bertz CT molecular complexity index is 595. The third-order valence-corrected chi connectivity index (χ3v) is 5.04. The second-order valence-corrected chi connectivity index (χ2v) is 7.59. The minimum absolute atomic E-state index is 0.195. The average molecular weight is 373 g/mol. The van der Waals surface area contributed by atoms with Gasteiger partial charge in [-0.15, -0.1) is 22.7 Å². The van der Waals surface area contributed by atoms with E-state index in [-0.39, 0.29) is 11.8 Å². The van der Waals surface area contributed by atoms with Gasteiger partial charge in [-0.1, -0.05) is 6.07 Å². The van der Waals surface area contributed by atoms with Crippen molar-refractivity contribution in [3.63, 3.8) is 0 Å². The number of hydrogen-bond acceptors (Lipinski definition) is 4. The molecule has 0 aliphatic heterocycles. The van der Waals surface area contributed by atoms with Crippen molar-refractivity contribution < 1.29 is 9.59 Å². The van der Waals surface area contributed by atoms with Gasteiger partial charge in [0.25, 0.3) is 5.91 Å². The van der Waals surface area contributed by atoms with Gasteiger partial charge in [0.2, 0.25) is 5.91 Å². The Balaban J connectivity index is 1.81. The lowest BCUT2D eigenvalue weighted by atomic mass is 10.3. The molecule has 0 unspecified atom stereocenters. The zero-order valence-electron chi connectivity index (χ0n) is 10.7. The van der Waals surface area contributed by atoms with Crippen LogP contribution >= 0.6 is 38.6 Å². The smallest absolute Gasteiger partial charge is 0.261 e. The Labute approximate surface area is 133 Å². The Kier molecular flexibility index (Phi) is 5.33. The Morgan fingerprint density at radius 3 is 2.75 bits per heavy atom. The van der Waals surface area contributed by atoms with Crippen LogP contribution in [0.2, 0.25) is 0 Å². The van der Waals surface area contributed by atoms with E-state index in [0.29, 0.717) is 11.4 Å². The van der Waals surface area contributed by atoms with Crippen molar-refractivity contribution in [2.24, 2.45) is 0 Å². The van der Waals surface area contributed by atoms with Gasteiger partial charge in [0.1, 0.15) is 6.04 Å². The van der Waals surface area contributed by atoms with Crippen molar-refractivity contribution in [3.05, 3.63) is 43.2 Å². The molecule has 4 nitrogen and oxygen atoms in total. The van der Waals surface area contributed by atoms with Crippen LogP contribution in [0.1, 0.15) is 21.5 Å². The maximum Gasteiger partial charge on any atom is 0.261 e. The predicted molar refractivity (Wildman–Crippen MR) is 85.1 cm³/mol. The van der Waals surface area contributed by atoms with E-state index in [1.165, 1.54) is 11.3 Å². The van der Waals surface area contributed by atoms with E-state index in [1.807, 2.05) is 17.5 Å². The zero-order valence-corrected chi connectivity index (χ0v) is 13.9. The molecule has 0 saturated heterocycles. The molecule has 0 aromatic carbocycles. The number of hydrogen-bond donors (Lipinski definition) is 2. The summed E-state index contributed by atoms with van der Waals surface area (Å²) in [6.07, 6.45) is 0. The molecule has 2 rings (SSSR count). The third kappa shape index (κ3) is 4.16. The molecule has 20 heavy (non-hydrogen) atoms. The van der Waals surface area contributed by atoms with Gasteiger partial charge in [-0.2, -0.15) is 0 Å². The second kappa shape index (κ2) is 7.01. The van der Waals surface area contributed by atoms with E-state index in [1.54, 1.807) is 30.4 Å². The standard InChI is InChI=1S/C13H13BrN2O2S2/c1-8(16-13(18)10-3-2-6-19-10)12(17)15-7-9-4-5-11(14)20-9/h2-6,8H,7H2,1H3,(H,15,17)(H,16,18)/t8-/m0/s1. The van der Waals surface area contributed by atoms with Crippen molar-refractivity contribution >= 4 is 50.4 Å². The van der Waals surface area contributed by atoms with Crippen molar-refractivity contribution in [2.45, 2.75) is 19.5 Å². The molecule has 2 heterocycles. The third-order valence-electron chi connectivity index (χ3n) is 2.55. The first-order valence-corrected chi connectivity index (χ1v) is 8.41. The quantitative estimate of drug-likeness (QED) is 0.847. The first-order chi connectivity index (χ1) is 9.56. The van der Waals surface area contributed by atoms with Crippen LogP contribution in [0.4, 0.5) is 0 Å². The van der Waals surface area contributed by atoms with E-state index in [4.69, 9.17) is 0 Å². The maximum absolute atomic E-state index is 11.9. The number of nitrogens with one attached hydrogen (secondary N) is 2. The first kappa shape index (κ1) is 15.2. The lowest BCUT2D eigenvalue weighted by Crippen LogP contribution is -2.44. The summed E-state index contributed by atoms with van der Waals surface area (Å²) in [6, 6.07) is 6.86. The molecule has 0 aliphatic carbocycles. The van der Waals surface area contributed by atoms with Gasteiger partial charge >= 0.3 is 0 Å². The maximum atomic E-state index is 11.9. The summed E-state index contributed by atoms with van der Waals surface area (Å²) in [5.74, 6) is -0.416. The second-order valence-electron chi connectivity index (χ2n) is 4.10. The van der Waals surface area contributed by atoms with Crippen molar-refractivity contribution in [1.29, 1.82) is 0 Å². The summed E-state index contributed by atoms with van der Waals surface area (Å²) in [6.45, 7) is 2.14. The van der Waals surface area contributed by atoms with E-state index in [9.17, 15) is 9.59 Å². The lowest BCUT2D eigenvalue weighted by molar-refractivity contribution is -0.122. The summed E-state index contributed by atoms with van der Waals surface area (Å²) in [5.41, 5.74) is 0. The Morgan fingerprint density at radius 1 is 1.35 bits per heavy atom. The van der Waals surface area contributed by atoms with Crippen LogP contribution in [0.15, 0.2) is 33.4 Å². The van der Waals surface area contributed by atoms with Gasteiger partial charge in [-0.25, -0.2) is 0 Å².